The number of halogens is 2. The Morgan fingerprint density at radius 1 is 1.16 bits per heavy atom. The van der Waals surface area contributed by atoms with Crippen LogP contribution in [-0.4, -0.2) is 50.8 Å². The summed E-state index contributed by atoms with van der Waals surface area (Å²) in [6.07, 6.45) is 3.22. The molecule has 0 saturated carbocycles. The quantitative estimate of drug-likeness (QED) is 0.324. The number of nitrogens with two attached hydrogens (primary N) is 1. The Balaban J connectivity index is 0.00000241. The summed E-state index contributed by atoms with van der Waals surface area (Å²) in [7, 11) is 0. The molecule has 9 nitrogen and oxygen atoms in total. The molecule has 0 saturated heterocycles. The summed E-state index contributed by atoms with van der Waals surface area (Å²) < 4.78 is 7.51. The first-order valence-electron chi connectivity index (χ1n) is 11.5. The number of hydrogen-bond donors (Lipinski definition) is 4. The molecule has 0 bridgehead atoms. The van der Waals surface area contributed by atoms with E-state index >= 15 is 0 Å². The van der Waals surface area contributed by atoms with Crippen LogP contribution in [0.1, 0.15) is 36.6 Å². The lowest BCUT2D eigenvalue weighted by Gasteiger charge is -2.23. The minimum Gasteiger partial charge on any atom is -0.390 e. The van der Waals surface area contributed by atoms with Crippen LogP contribution in [0.25, 0.3) is 0 Å². The zero-order valence-electron chi connectivity index (χ0n) is 20.7. The van der Waals surface area contributed by atoms with Gasteiger partial charge in [-0.1, -0.05) is 54.6 Å². The molecule has 2 aromatic carbocycles. The SMILES string of the molecule is CC(C)(N)C(=O)N[C@H](COCc1ccccc1)C(=O)Nc1cn([C@H]2c3ccccc3C[C@H]2O)cn1.Cl.Cl. The molecule has 200 valence electrons. The second kappa shape index (κ2) is 13.0. The molecule has 0 unspecified atom stereocenters. The van der Waals surface area contributed by atoms with Crippen LogP contribution >= 0.6 is 24.8 Å². The first-order chi connectivity index (χ1) is 16.7. The topological polar surface area (TPSA) is 132 Å². The maximum absolute atomic E-state index is 13.1. The van der Waals surface area contributed by atoms with Crippen molar-refractivity contribution in [1.82, 2.24) is 14.9 Å². The number of anilines is 1. The van der Waals surface area contributed by atoms with E-state index in [0.29, 0.717) is 18.8 Å². The number of aliphatic hydroxyl groups is 1. The number of aliphatic hydroxyl groups excluding tert-OH is 1. The monoisotopic (exact) mass is 549 g/mol. The van der Waals surface area contributed by atoms with Gasteiger partial charge in [0.15, 0.2) is 5.82 Å². The van der Waals surface area contributed by atoms with Crippen molar-refractivity contribution in [3.8, 4) is 0 Å². The Morgan fingerprint density at radius 2 is 1.84 bits per heavy atom. The summed E-state index contributed by atoms with van der Waals surface area (Å²) in [5.41, 5.74) is 7.81. The maximum atomic E-state index is 13.1. The number of rotatable bonds is 9. The summed E-state index contributed by atoms with van der Waals surface area (Å²) in [5.74, 6) is -0.647. The van der Waals surface area contributed by atoms with E-state index in [0.717, 1.165) is 16.7 Å². The number of nitrogens with one attached hydrogen (secondary N) is 2. The van der Waals surface area contributed by atoms with Gasteiger partial charge < -0.3 is 30.8 Å². The van der Waals surface area contributed by atoms with Crippen molar-refractivity contribution in [2.75, 3.05) is 11.9 Å². The van der Waals surface area contributed by atoms with E-state index in [1.54, 1.807) is 30.9 Å². The van der Waals surface area contributed by atoms with E-state index in [1.165, 1.54) is 0 Å². The highest BCUT2D eigenvalue weighted by atomic mass is 35.5. The second-order valence-corrected chi connectivity index (χ2v) is 9.36. The lowest BCUT2D eigenvalue weighted by Crippen LogP contribution is -2.56. The fraction of sp³-hybridized carbons (Fsp3) is 0.346. The van der Waals surface area contributed by atoms with Crippen LogP contribution in [0.4, 0.5) is 5.82 Å². The first kappa shape index (κ1) is 30.3. The molecule has 1 aromatic heterocycles. The molecule has 3 aromatic rings. The molecule has 1 heterocycles. The molecule has 0 spiro atoms. The van der Waals surface area contributed by atoms with Crippen LogP contribution in [0.2, 0.25) is 0 Å². The number of amides is 2. The van der Waals surface area contributed by atoms with Crippen LogP contribution in [0.5, 0.6) is 0 Å². The van der Waals surface area contributed by atoms with Crippen molar-refractivity contribution in [2.45, 2.75) is 50.6 Å². The summed E-state index contributed by atoms with van der Waals surface area (Å²) in [6, 6.07) is 16.1. The van der Waals surface area contributed by atoms with E-state index in [1.807, 2.05) is 54.6 Å². The number of carbonyl (C=O) groups is 2. The Labute approximate surface area is 228 Å². The van der Waals surface area contributed by atoms with Crippen LogP contribution in [0.15, 0.2) is 67.1 Å². The fourth-order valence-corrected chi connectivity index (χ4v) is 4.07. The molecule has 1 aliphatic carbocycles. The van der Waals surface area contributed by atoms with Gasteiger partial charge in [0.1, 0.15) is 6.04 Å². The number of hydrogen-bond acceptors (Lipinski definition) is 6. The van der Waals surface area contributed by atoms with Gasteiger partial charge in [0, 0.05) is 12.6 Å². The third-order valence-corrected chi connectivity index (χ3v) is 5.94. The summed E-state index contributed by atoms with van der Waals surface area (Å²) >= 11 is 0. The molecule has 4 rings (SSSR count). The normalized spacial score (nSPS) is 17.1. The summed E-state index contributed by atoms with van der Waals surface area (Å²) in [4.78, 5) is 29.8. The lowest BCUT2D eigenvalue weighted by molar-refractivity contribution is -0.130. The Hall–Kier alpha value is -2.95. The van der Waals surface area contributed by atoms with Crippen molar-refractivity contribution in [3.63, 3.8) is 0 Å². The van der Waals surface area contributed by atoms with E-state index in [4.69, 9.17) is 10.5 Å². The van der Waals surface area contributed by atoms with Crippen molar-refractivity contribution < 1.29 is 19.4 Å². The van der Waals surface area contributed by atoms with Gasteiger partial charge in [-0.15, -0.1) is 24.8 Å². The molecule has 0 radical (unpaired) electrons. The van der Waals surface area contributed by atoms with Crippen LogP contribution in [0.3, 0.4) is 0 Å². The third-order valence-electron chi connectivity index (χ3n) is 5.94. The summed E-state index contributed by atoms with van der Waals surface area (Å²) in [6.45, 7) is 3.38. The van der Waals surface area contributed by atoms with Crippen molar-refractivity contribution in [1.29, 1.82) is 0 Å². The molecular weight excluding hydrogens is 517 g/mol. The highest BCUT2D eigenvalue weighted by Gasteiger charge is 2.33. The van der Waals surface area contributed by atoms with Gasteiger partial charge in [-0.05, 0) is 30.5 Å². The predicted molar refractivity (Wildman–Crippen MR) is 146 cm³/mol. The molecule has 3 atom stereocenters. The first-order valence-corrected chi connectivity index (χ1v) is 11.5. The van der Waals surface area contributed by atoms with Gasteiger partial charge in [0.05, 0.1) is 37.2 Å². The lowest BCUT2D eigenvalue weighted by atomic mass is 10.1. The van der Waals surface area contributed by atoms with Gasteiger partial charge in [-0.2, -0.15) is 0 Å². The van der Waals surface area contributed by atoms with Gasteiger partial charge in [-0.3, -0.25) is 9.59 Å². The van der Waals surface area contributed by atoms with Crippen LogP contribution < -0.4 is 16.4 Å². The fourth-order valence-electron chi connectivity index (χ4n) is 4.07. The molecule has 5 N–H and O–H groups in total. The van der Waals surface area contributed by atoms with E-state index in [2.05, 4.69) is 15.6 Å². The smallest absolute Gasteiger partial charge is 0.250 e. The molecule has 11 heteroatoms. The van der Waals surface area contributed by atoms with Gasteiger partial charge in [0.25, 0.3) is 5.91 Å². The molecule has 37 heavy (non-hydrogen) atoms. The average molecular weight is 550 g/mol. The van der Waals surface area contributed by atoms with Crippen molar-refractivity contribution in [3.05, 3.63) is 83.8 Å². The Kier molecular flexibility index (Phi) is 10.7. The standard InChI is InChI=1S/C26H31N5O4.2ClH/c1-26(2,27)25(34)29-20(15-35-14-17-8-4-3-5-9-17)24(33)30-22-13-31(16-28-22)23-19-11-7-6-10-18(19)12-21(23)32;;/h3-11,13,16,20-21,23,32H,12,14-15,27H2,1-2H3,(H,29,34)(H,30,33);2*1H/t20-,21-,23+;;/m1../s1. The molecule has 2 amide bonds. The predicted octanol–water partition coefficient (Wildman–Crippen LogP) is 2.61. The summed E-state index contributed by atoms with van der Waals surface area (Å²) in [5, 5.41) is 16.0. The van der Waals surface area contributed by atoms with Crippen LogP contribution in [0, 0.1) is 0 Å². The largest absolute Gasteiger partial charge is 0.390 e. The number of imidazole rings is 1. The van der Waals surface area contributed by atoms with E-state index in [9.17, 15) is 14.7 Å². The van der Waals surface area contributed by atoms with Gasteiger partial charge >= 0.3 is 0 Å². The molecule has 0 fully saturated rings. The number of benzene rings is 2. The average Bonchev–Trinajstić information content (AvgIpc) is 3.41. The highest BCUT2D eigenvalue weighted by Crippen LogP contribution is 2.34. The number of carbonyl (C=O) groups excluding carboxylic acids is 2. The van der Waals surface area contributed by atoms with Gasteiger partial charge in [0.2, 0.25) is 5.91 Å². The van der Waals surface area contributed by atoms with E-state index < -0.39 is 29.5 Å². The minimum atomic E-state index is -1.16. The number of aromatic nitrogens is 2. The zero-order chi connectivity index (χ0) is 25.0. The minimum absolute atomic E-state index is 0. The zero-order valence-corrected chi connectivity index (χ0v) is 22.3. The molecule has 1 aliphatic rings. The van der Waals surface area contributed by atoms with E-state index in [-0.39, 0.29) is 37.5 Å². The van der Waals surface area contributed by atoms with Crippen LogP contribution in [-0.2, 0) is 27.4 Å². The van der Waals surface area contributed by atoms with Crippen molar-refractivity contribution >= 4 is 42.4 Å². The highest BCUT2D eigenvalue weighted by molar-refractivity contribution is 5.98. The maximum Gasteiger partial charge on any atom is 0.250 e. The molecular formula is C26H33Cl2N5O4. The van der Waals surface area contributed by atoms with Crippen molar-refractivity contribution in [2.24, 2.45) is 5.73 Å². The van der Waals surface area contributed by atoms with Gasteiger partial charge in [-0.25, -0.2) is 4.98 Å². The second-order valence-electron chi connectivity index (χ2n) is 9.36. The number of fused-ring (bicyclic) bond motifs is 1. The molecule has 0 aliphatic heterocycles. The third kappa shape index (κ3) is 7.53. The number of nitrogens with zero attached hydrogens (tertiary/aromatic N) is 2. The Morgan fingerprint density at radius 3 is 2.54 bits per heavy atom. The number of ether oxygens (including phenoxy) is 1. The Bertz CT molecular complexity index is 1180.